The molecule has 1 aromatic carbocycles. The average Bonchev–Trinajstić information content (AvgIpc) is 2.60. The van der Waals surface area contributed by atoms with Crippen LogP contribution in [0.15, 0.2) is 41.3 Å². The number of aromatic amines is 1. The second kappa shape index (κ2) is 6.49. The maximum absolute atomic E-state index is 11.9. The van der Waals surface area contributed by atoms with Crippen molar-refractivity contribution in [3.8, 4) is 0 Å². The first-order valence-electron chi connectivity index (χ1n) is 7.58. The highest BCUT2D eigenvalue weighted by atomic mass is 16.1. The first-order valence-corrected chi connectivity index (χ1v) is 7.58. The number of H-pyrrole nitrogens is 1. The van der Waals surface area contributed by atoms with E-state index in [-0.39, 0.29) is 22.7 Å². The number of ketones is 1. The highest BCUT2D eigenvalue weighted by molar-refractivity contribution is 5.96. The second-order valence-corrected chi connectivity index (χ2v) is 5.36. The fraction of sp³-hybridized carbons (Fsp3) is 0.176. The largest absolute Gasteiger partial charge is 0.385 e. The molecule has 0 aliphatic heterocycles. The lowest BCUT2D eigenvalue weighted by Gasteiger charge is -2.07. The number of nitrogen functional groups attached to an aromatic ring is 1. The minimum absolute atomic E-state index is 0.112. The molecule has 3 rings (SSSR count). The Balaban J connectivity index is 1.76. The number of Topliss-reactive ketones (excluding diaryl/α,β-unsaturated/α-hetero) is 1. The lowest BCUT2D eigenvalue weighted by molar-refractivity contribution is 0.0988. The third kappa shape index (κ3) is 3.24. The molecule has 7 nitrogen and oxygen atoms in total. The summed E-state index contributed by atoms with van der Waals surface area (Å²) in [6.07, 6.45) is 2.09. The zero-order chi connectivity index (χ0) is 17.1. The highest BCUT2D eigenvalue weighted by Gasteiger charge is 2.06. The number of rotatable bonds is 5. The molecule has 0 saturated carbocycles. The molecule has 0 aliphatic rings. The minimum Gasteiger partial charge on any atom is -0.385 e. The Labute approximate surface area is 138 Å². The van der Waals surface area contributed by atoms with E-state index in [0.717, 1.165) is 5.69 Å². The summed E-state index contributed by atoms with van der Waals surface area (Å²) >= 11 is 0. The summed E-state index contributed by atoms with van der Waals surface area (Å²) < 4.78 is 0. The molecular weight excluding hydrogens is 306 g/mol. The molecular formula is C17H17N5O2. The van der Waals surface area contributed by atoms with E-state index in [1.165, 1.54) is 0 Å². The molecule has 2 aromatic heterocycles. The zero-order valence-corrected chi connectivity index (χ0v) is 13.2. The van der Waals surface area contributed by atoms with E-state index in [4.69, 9.17) is 5.73 Å². The summed E-state index contributed by atoms with van der Waals surface area (Å²) in [6.45, 7) is 2.25. The number of nitrogens with one attached hydrogen (secondary N) is 2. The third-order valence-corrected chi connectivity index (χ3v) is 3.62. The van der Waals surface area contributed by atoms with Gasteiger partial charge in [0, 0.05) is 23.7 Å². The van der Waals surface area contributed by atoms with Gasteiger partial charge < -0.3 is 16.0 Å². The quantitative estimate of drug-likeness (QED) is 0.620. The molecule has 2 heterocycles. The summed E-state index contributed by atoms with van der Waals surface area (Å²) in [5.41, 5.74) is 8.12. The Morgan fingerprint density at radius 3 is 2.75 bits per heavy atom. The molecule has 0 amide bonds. The zero-order valence-electron chi connectivity index (χ0n) is 13.2. The lowest BCUT2D eigenvalue weighted by atomic mass is 10.1. The van der Waals surface area contributed by atoms with Crippen LogP contribution in [0.4, 0.5) is 11.5 Å². The van der Waals surface area contributed by atoms with Gasteiger partial charge in [0.2, 0.25) is 0 Å². The molecule has 0 saturated heterocycles. The number of anilines is 2. The molecule has 0 radical (unpaired) electrons. The van der Waals surface area contributed by atoms with E-state index in [9.17, 15) is 9.59 Å². The number of hydrogen-bond donors (Lipinski definition) is 3. The van der Waals surface area contributed by atoms with Crippen molar-refractivity contribution in [3.63, 3.8) is 0 Å². The SMILES string of the molecule is CCC(=O)c1ccc(NCc2cnc3cc(N)[nH]c(=O)c3n2)cc1. The number of carbonyl (C=O) groups is 1. The van der Waals surface area contributed by atoms with Crippen LogP contribution in [0, 0.1) is 0 Å². The third-order valence-electron chi connectivity index (χ3n) is 3.62. The molecule has 7 heteroatoms. The molecule has 4 N–H and O–H groups in total. The Bertz CT molecular complexity index is 947. The average molecular weight is 323 g/mol. The number of aromatic nitrogens is 3. The fourth-order valence-corrected chi connectivity index (χ4v) is 2.34. The second-order valence-electron chi connectivity index (χ2n) is 5.36. The van der Waals surface area contributed by atoms with E-state index in [2.05, 4.69) is 20.3 Å². The van der Waals surface area contributed by atoms with Crippen molar-refractivity contribution in [1.82, 2.24) is 15.0 Å². The van der Waals surface area contributed by atoms with Crippen LogP contribution in [0.25, 0.3) is 11.0 Å². The van der Waals surface area contributed by atoms with Crippen LogP contribution in [-0.4, -0.2) is 20.7 Å². The van der Waals surface area contributed by atoms with Crippen molar-refractivity contribution in [2.75, 3.05) is 11.1 Å². The predicted octanol–water partition coefficient (Wildman–Crippen LogP) is 2.11. The molecule has 0 bridgehead atoms. The van der Waals surface area contributed by atoms with Crippen LogP contribution in [-0.2, 0) is 6.54 Å². The standard InChI is InChI=1S/C17H17N5O2/c1-2-14(23)10-3-5-11(6-4-10)19-8-12-9-20-13-7-15(18)22-17(24)16(13)21-12/h3-7,9,19H,2,8H2,1H3,(H3,18,22,24). The first kappa shape index (κ1) is 15.7. The Kier molecular flexibility index (Phi) is 4.24. The van der Waals surface area contributed by atoms with E-state index >= 15 is 0 Å². The predicted molar refractivity (Wildman–Crippen MR) is 93.0 cm³/mol. The molecule has 3 aromatic rings. The minimum atomic E-state index is -0.359. The van der Waals surface area contributed by atoms with Gasteiger partial charge in [0.25, 0.3) is 5.56 Å². The van der Waals surface area contributed by atoms with Crippen molar-refractivity contribution in [2.45, 2.75) is 19.9 Å². The van der Waals surface area contributed by atoms with Crippen LogP contribution in [0.2, 0.25) is 0 Å². The van der Waals surface area contributed by atoms with Crippen molar-refractivity contribution in [1.29, 1.82) is 0 Å². The number of nitrogens with zero attached hydrogens (tertiary/aromatic N) is 2. The summed E-state index contributed by atoms with van der Waals surface area (Å²) in [6, 6.07) is 8.82. The summed E-state index contributed by atoms with van der Waals surface area (Å²) in [5, 5.41) is 3.19. The van der Waals surface area contributed by atoms with E-state index in [0.29, 0.717) is 29.7 Å². The van der Waals surface area contributed by atoms with E-state index < -0.39 is 0 Å². The number of benzene rings is 1. The van der Waals surface area contributed by atoms with Crippen LogP contribution in [0.1, 0.15) is 29.4 Å². The summed E-state index contributed by atoms with van der Waals surface area (Å²) in [5.74, 6) is 0.370. The van der Waals surface area contributed by atoms with Gasteiger partial charge in [-0.25, -0.2) is 4.98 Å². The Morgan fingerprint density at radius 2 is 2.04 bits per heavy atom. The van der Waals surface area contributed by atoms with Crippen LogP contribution in [0.3, 0.4) is 0 Å². The van der Waals surface area contributed by atoms with Gasteiger partial charge in [0.05, 0.1) is 24.0 Å². The molecule has 0 atom stereocenters. The van der Waals surface area contributed by atoms with Crippen LogP contribution < -0.4 is 16.6 Å². The van der Waals surface area contributed by atoms with E-state index in [1.54, 1.807) is 24.4 Å². The fourth-order valence-electron chi connectivity index (χ4n) is 2.34. The van der Waals surface area contributed by atoms with Gasteiger partial charge in [0.15, 0.2) is 11.3 Å². The first-order chi connectivity index (χ1) is 11.6. The van der Waals surface area contributed by atoms with Crippen LogP contribution >= 0.6 is 0 Å². The van der Waals surface area contributed by atoms with Gasteiger partial charge in [-0.15, -0.1) is 0 Å². The van der Waals surface area contributed by atoms with Gasteiger partial charge in [-0.3, -0.25) is 14.6 Å². The van der Waals surface area contributed by atoms with Gasteiger partial charge in [-0.1, -0.05) is 6.92 Å². The molecule has 0 spiro atoms. The summed E-state index contributed by atoms with van der Waals surface area (Å²) in [4.78, 5) is 34.5. The maximum atomic E-state index is 11.9. The molecule has 0 aliphatic carbocycles. The van der Waals surface area contributed by atoms with Gasteiger partial charge in [-0.2, -0.15) is 0 Å². The van der Waals surface area contributed by atoms with Gasteiger partial charge in [-0.05, 0) is 24.3 Å². The molecule has 0 unspecified atom stereocenters. The Hall–Kier alpha value is -3.22. The van der Waals surface area contributed by atoms with Crippen molar-refractivity contribution in [3.05, 3.63) is 58.1 Å². The molecule has 0 fully saturated rings. The lowest BCUT2D eigenvalue weighted by Crippen LogP contribution is -2.13. The monoisotopic (exact) mass is 323 g/mol. The molecule has 122 valence electrons. The van der Waals surface area contributed by atoms with Crippen molar-refractivity contribution >= 4 is 28.3 Å². The summed E-state index contributed by atoms with van der Waals surface area (Å²) in [7, 11) is 0. The number of fused-ring (bicyclic) bond motifs is 1. The molecule has 24 heavy (non-hydrogen) atoms. The van der Waals surface area contributed by atoms with Gasteiger partial charge >= 0.3 is 0 Å². The number of nitrogens with two attached hydrogens (primary N) is 1. The number of carbonyl (C=O) groups excluding carboxylic acids is 1. The maximum Gasteiger partial charge on any atom is 0.277 e. The van der Waals surface area contributed by atoms with Crippen LogP contribution in [0.5, 0.6) is 0 Å². The van der Waals surface area contributed by atoms with Crippen molar-refractivity contribution < 1.29 is 4.79 Å². The Morgan fingerprint density at radius 1 is 1.29 bits per heavy atom. The normalized spacial score (nSPS) is 10.7. The highest BCUT2D eigenvalue weighted by Crippen LogP contribution is 2.13. The topological polar surface area (TPSA) is 114 Å². The van der Waals surface area contributed by atoms with E-state index in [1.807, 2.05) is 19.1 Å². The smallest absolute Gasteiger partial charge is 0.277 e. The van der Waals surface area contributed by atoms with Gasteiger partial charge in [0.1, 0.15) is 5.82 Å². The van der Waals surface area contributed by atoms with Crippen molar-refractivity contribution in [2.24, 2.45) is 0 Å². The number of hydrogen-bond acceptors (Lipinski definition) is 6. The number of pyridine rings is 1.